The molecule has 0 unspecified atom stereocenters. The largest absolute Gasteiger partial charge is 0.462 e. The lowest BCUT2D eigenvalue weighted by molar-refractivity contribution is 0.0511. The van der Waals surface area contributed by atoms with E-state index in [2.05, 4.69) is 0 Å². The van der Waals surface area contributed by atoms with Gasteiger partial charge in [-0.3, -0.25) is 0 Å². The van der Waals surface area contributed by atoms with Crippen LogP contribution in [0.25, 0.3) is 66.8 Å². The number of rotatable bonds is 20. The third kappa shape index (κ3) is 11.0. The fourth-order valence-electron chi connectivity index (χ4n) is 10.7. The van der Waals surface area contributed by atoms with Crippen LogP contribution in [0.2, 0.25) is 0 Å². The van der Waals surface area contributed by atoms with Crippen molar-refractivity contribution >= 4 is 70.0 Å². The topological polar surface area (TPSA) is 210 Å². The zero-order valence-corrected chi connectivity index (χ0v) is 47.7. The molecule has 0 bridgehead atoms. The van der Waals surface area contributed by atoms with Crippen molar-refractivity contribution < 1.29 is 76.3 Å². The minimum atomic E-state index is -0.648. The molecule has 9 rings (SSSR count). The van der Waals surface area contributed by atoms with Crippen molar-refractivity contribution in [2.75, 3.05) is 52.9 Å². The first-order valence-electron chi connectivity index (χ1n) is 27.8. The Balaban J connectivity index is 1.42. The Bertz CT molecular complexity index is 3170. The summed E-state index contributed by atoms with van der Waals surface area (Å²) in [5, 5.41) is 0. The van der Waals surface area contributed by atoms with Gasteiger partial charge in [-0.15, -0.1) is 0 Å². The normalized spacial score (nSPS) is 12.0. The number of carbonyl (C=O) groups excluding carboxylic acids is 8. The summed E-state index contributed by atoms with van der Waals surface area (Å²) in [6.45, 7) is 14.0. The van der Waals surface area contributed by atoms with Crippen molar-refractivity contribution in [1.82, 2.24) is 0 Å². The van der Waals surface area contributed by atoms with Crippen molar-refractivity contribution in [2.24, 2.45) is 0 Å². The van der Waals surface area contributed by atoms with Crippen LogP contribution in [-0.2, 0) is 37.9 Å². The number of allylic oxidation sites excluding steroid dienone is 4. The van der Waals surface area contributed by atoms with E-state index in [1.807, 2.05) is 48.5 Å². The van der Waals surface area contributed by atoms with Crippen LogP contribution in [0.4, 0.5) is 0 Å². The van der Waals surface area contributed by atoms with E-state index < -0.39 is 47.8 Å². The third-order valence-corrected chi connectivity index (χ3v) is 14.2. The Kier molecular flexibility index (Phi) is 17.8. The average molecular weight is 1130 g/mol. The lowest BCUT2D eigenvalue weighted by Gasteiger charge is -2.32. The standard InChI is InChI=1S/C68H60O16/c1-9-77-61(69)49-33-50(62(70)78-10-2)42-26-18-37(17-25-41(42)49)57-58(38-19-27-43-44(28-20-38)52(64(72)80-12-4)34-51(43)63(71)79-11-3)60(40-23-31-47-48(32-24-40)56(68(76)84-16-8)36-55(47)67(75)83-15-7)59(57)39-21-29-45-46(30-22-39)54(66(74)82-14-6)35-53(45)65(73)81-13-5/h17-36H,9-16H2,1-8H3. The first kappa shape index (κ1) is 58.7. The van der Waals surface area contributed by atoms with Gasteiger partial charge in [0.1, 0.15) is 0 Å². The molecule has 16 heteroatoms. The summed E-state index contributed by atoms with van der Waals surface area (Å²) in [4.78, 5) is 109. The number of fused-ring (bicyclic) bond motifs is 4. The Morgan fingerprint density at radius 3 is 0.440 bits per heavy atom. The molecule has 9 aliphatic carbocycles. The first-order chi connectivity index (χ1) is 40.7. The summed E-state index contributed by atoms with van der Waals surface area (Å²) < 4.78 is 43.8. The van der Waals surface area contributed by atoms with E-state index in [1.54, 1.807) is 104 Å². The van der Waals surface area contributed by atoms with E-state index in [4.69, 9.17) is 37.9 Å². The van der Waals surface area contributed by atoms with Gasteiger partial charge >= 0.3 is 47.8 Å². The smallest absolute Gasteiger partial charge is 0.338 e. The quantitative estimate of drug-likeness (QED) is 0.0513. The molecular formula is C68H60O16. The SMILES string of the molecule is CCOC(=O)c1cc(C(=O)OCC)c2ccc(C3=C(c4ccc5c(C(=O)OCC)cc(C(=O)OCC)c-5cc4)C(c4ccc5c(C(=O)OCC)cc(C(=O)OCC)c-5cc4)=C3c3ccc4c(C(=O)OCC)cc(C(=O)OCC)c-4cc3)ccc1-2. The minimum Gasteiger partial charge on any atom is -0.462 e. The van der Waals surface area contributed by atoms with Crippen molar-refractivity contribution in [2.45, 2.75) is 55.4 Å². The van der Waals surface area contributed by atoms with E-state index in [-0.39, 0.29) is 97.4 Å². The van der Waals surface area contributed by atoms with E-state index in [1.165, 1.54) is 24.3 Å². The highest BCUT2D eigenvalue weighted by molar-refractivity contribution is 6.43. The van der Waals surface area contributed by atoms with Crippen LogP contribution < -0.4 is 0 Å². The lowest BCUT2D eigenvalue weighted by atomic mass is 9.70. The van der Waals surface area contributed by atoms with Crippen LogP contribution in [-0.4, -0.2) is 101 Å². The molecule has 428 valence electrons. The van der Waals surface area contributed by atoms with Crippen LogP contribution in [0.3, 0.4) is 0 Å². The molecule has 0 heterocycles. The molecule has 84 heavy (non-hydrogen) atoms. The highest BCUT2D eigenvalue weighted by atomic mass is 16.6. The zero-order valence-electron chi connectivity index (χ0n) is 47.7. The summed E-state index contributed by atoms with van der Waals surface area (Å²) in [5.74, 6) is -5.18. The maximum absolute atomic E-state index is 13.7. The molecule has 0 aromatic heterocycles. The van der Waals surface area contributed by atoms with Gasteiger partial charge in [0.05, 0.1) is 97.4 Å². The highest BCUT2D eigenvalue weighted by Gasteiger charge is 2.36. The fraction of sp³-hybridized carbons (Fsp3) is 0.235. The molecule has 0 aliphatic heterocycles. The number of esters is 8. The predicted octanol–water partition coefficient (Wildman–Crippen LogP) is 13.1. The van der Waals surface area contributed by atoms with Gasteiger partial charge in [-0.05, 0) is 169 Å². The fourth-order valence-corrected chi connectivity index (χ4v) is 10.7. The molecule has 0 radical (unpaired) electrons. The highest BCUT2D eigenvalue weighted by Crippen LogP contribution is 2.57. The Morgan fingerprint density at radius 2 is 0.333 bits per heavy atom. The molecule has 0 saturated carbocycles. The van der Waals surface area contributed by atoms with Crippen molar-refractivity contribution in [1.29, 1.82) is 0 Å². The van der Waals surface area contributed by atoms with E-state index in [0.29, 0.717) is 89.1 Å². The van der Waals surface area contributed by atoms with Crippen molar-refractivity contribution in [3.05, 3.63) is 188 Å². The molecule has 0 fully saturated rings. The van der Waals surface area contributed by atoms with Crippen LogP contribution in [0.1, 0.15) is 161 Å². The number of hydrogen-bond donors (Lipinski definition) is 0. The van der Waals surface area contributed by atoms with Gasteiger partial charge in [-0.25, -0.2) is 38.4 Å². The molecule has 0 saturated heterocycles. The van der Waals surface area contributed by atoms with Gasteiger partial charge in [0.15, 0.2) is 0 Å². The van der Waals surface area contributed by atoms with E-state index >= 15 is 0 Å². The second-order valence-corrected chi connectivity index (χ2v) is 18.9. The summed E-state index contributed by atoms with van der Waals surface area (Å²) in [6.07, 6.45) is 0. The van der Waals surface area contributed by atoms with Gasteiger partial charge in [0.2, 0.25) is 0 Å². The van der Waals surface area contributed by atoms with Gasteiger partial charge < -0.3 is 37.9 Å². The lowest BCUT2D eigenvalue weighted by Crippen LogP contribution is -2.09. The van der Waals surface area contributed by atoms with Gasteiger partial charge in [0, 0.05) is 0 Å². The van der Waals surface area contributed by atoms with Gasteiger partial charge in [-0.2, -0.15) is 0 Å². The maximum Gasteiger partial charge on any atom is 0.338 e. The predicted molar refractivity (Wildman–Crippen MR) is 314 cm³/mol. The van der Waals surface area contributed by atoms with Crippen molar-refractivity contribution in [3.63, 3.8) is 0 Å². The second kappa shape index (κ2) is 25.5. The second-order valence-electron chi connectivity index (χ2n) is 18.9. The average Bonchev–Trinajstić information content (AvgIpc) is 1.15. The molecule has 0 aromatic carbocycles. The molecule has 0 N–H and O–H groups in total. The summed E-state index contributed by atoms with van der Waals surface area (Å²) >= 11 is 0. The minimum absolute atomic E-state index is 0.0720. The van der Waals surface area contributed by atoms with Crippen molar-refractivity contribution in [3.8, 4) is 44.5 Å². The van der Waals surface area contributed by atoms with Gasteiger partial charge in [0.25, 0.3) is 0 Å². The number of ether oxygens (including phenoxy) is 8. The molecule has 0 spiro atoms. The Labute approximate surface area is 485 Å². The molecule has 0 atom stereocenters. The Hall–Kier alpha value is -9.96. The van der Waals surface area contributed by atoms with E-state index in [9.17, 15) is 38.4 Å². The molecule has 0 aromatic rings. The summed E-state index contributed by atoms with van der Waals surface area (Å²) in [7, 11) is 0. The molecule has 9 aliphatic rings. The maximum atomic E-state index is 13.7. The molecule has 0 amide bonds. The number of carbonyl (C=O) groups is 8. The monoisotopic (exact) mass is 1130 g/mol. The van der Waals surface area contributed by atoms with Gasteiger partial charge in [-0.1, -0.05) is 97.1 Å². The first-order valence-corrected chi connectivity index (χ1v) is 27.8. The van der Waals surface area contributed by atoms with Crippen LogP contribution >= 0.6 is 0 Å². The molecular weight excluding hydrogens is 1070 g/mol. The third-order valence-electron chi connectivity index (χ3n) is 14.2. The summed E-state index contributed by atoms with van der Waals surface area (Å²) in [6, 6.07) is 34.2. The Morgan fingerprint density at radius 1 is 0.214 bits per heavy atom. The van der Waals surface area contributed by atoms with Crippen LogP contribution in [0.15, 0.2) is 121 Å². The van der Waals surface area contributed by atoms with E-state index in [0.717, 1.165) is 0 Å². The zero-order chi connectivity index (χ0) is 59.9. The summed E-state index contributed by atoms with van der Waals surface area (Å²) in [5.41, 5.74) is 9.17. The molecule has 16 nitrogen and oxygen atoms in total. The van der Waals surface area contributed by atoms with Crippen LogP contribution in [0.5, 0.6) is 0 Å². The van der Waals surface area contributed by atoms with Crippen LogP contribution in [0, 0.1) is 0 Å². The number of hydrogen-bond acceptors (Lipinski definition) is 16.